The first-order chi connectivity index (χ1) is 11.1. The van der Waals surface area contributed by atoms with Crippen molar-refractivity contribution in [2.24, 2.45) is 0 Å². The van der Waals surface area contributed by atoms with Gasteiger partial charge in [-0.25, -0.2) is 0 Å². The molecule has 0 aliphatic carbocycles. The molecule has 2 aromatic rings. The molecular weight excluding hydrogens is 304 g/mol. The van der Waals surface area contributed by atoms with Crippen LogP contribution in [0.5, 0.6) is 0 Å². The number of likely N-dealkylation sites (tertiary alicyclic amines) is 1. The van der Waals surface area contributed by atoms with Crippen LogP contribution in [0.1, 0.15) is 34.7 Å². The van der Waals surface area contributed by atoms with Gasteiger partial charge < -0.3 is 0 Å². The van der Waals surface area contributed by atoms with Gasteiger partial charge in [0, 0.05) is 30.2 Å². The Morgan fingerprint density at radius 2 is 2.00 bits per heavy atom. The van der Waals surface area contributed by atoms with E-state index < -0.39 is 0 Å². The van der Waals surface area contributed by atoms with Crippen molar-refractivity contribution in [2.45, 2.75) is 46.3 Å². The number of hydrogen-bond donors (Lipinski definition) is 0. The second-order valence-corrected chi connectivity index (χ2v) is 7.79. The average Bonchev–Trinajstić information content (AvgIpc) is 3.21. The van der Waals surface area contributed by atoms with Crippen LogP contribution in [-0.2, 0) is 19.6 Å². The normalized spacial score (nSPS) is 15.8. The van der Waals surface area contributed by atoms with Gasteiger partial charge in [0.05, 0.1) is 12.2 Å². The van der Waals surface area contributed by atoms with Gasteiger partial charge >= 0.3 is 0 Å². The summed E-state index contributed by atoms with van der Waals surface area (Å²) in [6, 6.07) is 4.53. The first kappa shape index (κ1) is 16.7. The Morgan fingerprint density at radius 1 is 1.22 bits per heavy atom. The summed E-state index contributed by atoms with van der Waals surface area (Å²) in [7, 11) is 2.20. The van der Waals surface area contributed by atoms with Crippen molar-refractivity contribution < 1.29 is 0 Å². The van der Waals surface area contributed by atoms with Gasteiger partial charge in [-0.2, -0.15) is 5.10 Å². The maximum Gasteiger partial charge on any atom is 0.0596 e. The van der Waals surface area contributed by atoms with Crippen LogP contribution >= 0.6 is 11.3 Å². The molecule has 1 fully saturated rings. The Hall–Kier alpha value is -1.17. The van der Waals surface area contributed by atoms with E-state index in [-0.39, 0.29) is 0 Å². The predicted molar refractivity (Wildman–Crippen MR) is 96.9 cm³/mol. The minimum atomic E-state index is 0.960. The highest BCUT2D eigenvalue weighted by Gasteiger charge is 2.13. The third kappa shape index (κ3) is 4.66. The highest BCUT2D eigenvalue weighted by atomic mass is 32.1. The molecule has 2 aromatic heterocycles. The first-order valence-electron chi connectivity index (χ1n) is 8.58. The molecule has 0 aromatic carbocycles. The standard InChI is InChI=1S/C18H28N4S/c1-15-10-16(2)22(19-15)9-8-20(3)13-18-11-17(14-23-18)12-21-6-4-5-7-21/h10-11,14H,4-9,12-13H2,1-3H3. The molecule has 0 atom stereocenters. The molecule has 0 spiro atoms. The Bertz CT molecular complexity index is 625. The van der Waals surface area contributed by atoms with Crippen LogP contribution in [-0.4, -0.2) is 46.3 Å². The molecule has 0 bridgehead atoms. The smallest absolute Gasteiger partial charge is 0.0596 e. The van der Waals surface area contributed by atoms with Crippen molar-refractivity contribution >= 4 is 11.3 Å². The van der Waals surface area contributed by atoms with Crippen molar-refractivity contribution in [3.63, 3.8) is 0 Å². The van der Waals surface area contributed by atoms with E-state index in [2.05, 4.69) is 58.0 Å². The van der Waals surface area contributed by atoms with Gasteiger partial charge in [0.25, 0.3) is 0 Å². The number of thiophene rings is 1. The third-order valence-corrected chi connectivity index (χ3v) is 5.51. The summed E-state index contributed by atoms with van der Waals surface area (Å²) >= 11 is 1.90. The maximum absolute atomic E-state index is 4.54. The van der Waals surface area contributed by atoms with Crippen LogP contribution in [0.3, 0.4) is 0 Å². The number of aryl methyl sites for hydroxylation is 2. The van der Waals surface area contributed by atoms with Crippen LogP contribution in [0.2, 0.25) is 0 Å². The fourth-order valence-corrected chi connectivity index (χ4v) is 4.26. The van der Waals surface area contributed by atoms with Crippen LogP contribution in [0, 0.1) is 13.8 Å². The second kappa shape index (κ2) is 7.60. The third-order valence-electron chi connectivity index (χ3n) is 4.54. The fourth-order valence-electron chi connectivity index (χ4n) is 3.30. The Morgan fingerprint density at radius 3 is 2.70 bits per heavy atom. The van der Waals surface area contributed by atoms with Crippen LogP contribution in [0.4, 0.5) is 0 Å². The molecule has 0 amide bonds. The quantitative estimate of drug-likeness (QED) is 0.777. The SMILES string of the molecule is Cc1cc(C)n(CCN(C)Cc2cc(CN3CCCC3)cs2)n1. The average molecular weight is 333 g/mol. The topological polar surface area (TPSA) is 24.3 Å². The molecule has 126 valence electrons. The van der Waals surface area contributed by atoms with E-state index in [4.69, 9.17) is 0 Å². The summed E-state index contributed by atoms with van der Waals surface area (Å²) < 4.78 is 2.11. The van der Waals surface area contributed by atoms with Gasteiger partial charge in [0.15, 0.2) is 0 Å². The molecule has 3 heterocycles. The van der Waals surface area contributed by atoms with Crippen molar-refractivity contribution in [1.82, 2.24) is 19.6 Å². The van der Waals surface area contributed by atoms with E-state index in [0.29, 0.717) is 0 Å². The van der Waals surface area contributed by atoms with E-state index >= 15 is 0 Å². The lowest BCUT2D eigenvalue weighted by Crippen LogP contribution is -2.23. The maximum atomic E-state index is 4.54. The van der Waals surface area contributed by atoms with E-state index in [1.807, 2.05) is 11.3 Å². The Kier molecular flexibility index (Phi) is 5.51. The monoisotopic (exact) mass is 332 g/mol. The van der Waals surface area contributed by atoms with Crippen molar-refractivity contribution in [2.75, 3.05) is 26.7 Å². The van der Waals surface area contributed by atoms with E-state index in [1.165, 1.54) is 42.1 Å². The van der Waals surface area contributed by atoms with Gasteiger partial charge in [0.2, 0.25) is 0 Å². The summed E-state index contributed by atoms with van der Waals surface area (Å²) in [4.78, 5) is 6.43. The zero-order valence-electron chi connectivity index (χ0n) is 14.6. The minimum Gasteiger partial charge on any atom is -0.299 e. The number of hydrogen-bond acceptors (Lipinski definition) is 4. The fraction of sp³-hybridized carbons (Fsp3) is 0.611. The minimum absolute atomic E-state index is 0.960. The molecule has 4 nitrogen and oxygen atoms in total. The van der Waals surface area contributed by atoms with Gasteiger partial charge in [-0.05, 0) is 69.9 Å². The number of aromatic nitrogens is 2. The zero-order chi connectivity index (χ0) is 16.2. The molecule has 0 N–H and O–H groups in total. The van der Waals surface area contributed by atoms with E-state index in [0.717, 1.165) is 31.9 Å². The molecule has 1 aliphatic heterocycles. The highest BCUT2D eigenvalue weighted by Crippen LogP contribution is 2.20. The number of likely N-dealkylation sites (N-methyl/N-ethyl adjacent to an activating group) is 1. The van der Waals surface area contributed by atoms with Gasteiger partial charge in [-0.3, -0.25) is 14.5 Å². The summed E-state index contributed by atoms with van der Waals surface area (Å²) in [6.07, 6.45) is 2.73. The summed E-state index contributed by atoms with van der Waals surface area (Å²) in [5.41, 5.74) is 3.84. The van der Waals surface area contributed by atoms with Crippen molar-refractivity contribution in [3.05, 3.63) is 39.3 Å². The van der Waals surface area contributed by atoms with Gasteiger partial charge in [0.1, 0.15) is 0 Å². The van der Waals surface area contributed by atoms with Gasteiger partial charge in [-0.1, -0.05) is 0 Å². The highest BCUT2D eigenvalue weighted by molar-refractivity contribution is 7.10. The molecule has 1 saturated heterocycles. The first-order valence-corrected chi connectivity index (χ1v) is 9.46. The van der Waals surface area contributed by atoms with Crippen molar-refractivity contribution in [1.29, 1.82) is 0 Å². The molecule has 0 unspecified atom stereocenters. The lowest BCUT2D eigenvalue weighted by atomic mass is 10.3. The molecule has 0 saturated carbocycles. The van der Waals surface area contributed by atoms with Crippen LogP contribution in [0.15, 0.2) is 17.5 Å². The summed E-state index contributed by atoms with van der Waals surface area (Å²) in [5, 5.41) is 6.87. The van der Waals surface area contributed by atoms with E-state index in [9.17, 15) is 0 Å². The molecule has 5 heteroatoms. The summed E-state index contributed by atoms with van der Waals surface area (Å²) in [6.45, 7) is 10.9. The Balaban J connectivity index is 1.46. The lowest BCUT2D eigenvalue weighted by molar-refractivity contribution is 0.305. The Labute approximate surface area is 143 Å². The summed E-state index contributed by atoms with van der Waals surface area (Å²) in [5.74, 6) is 0. The molecule has 3 rings (SSSR count). The molecular formula is C18H28N4S. The number of rotatable bonds is 7. The predicted octanol–water partition coefficient (Wildman–Crippen LogP) is 3.29. The zero-order valence-corrected chi connectivity index (χ0v) is 15.4. The number of nitrogens with zero attached hydrogens (tertiary/aromatic N) is 4. The molecule has 23 heavy (non-hydrogen) atoms. The van der Waals surface area contributed by atoms with Crippen LogP contribution in [0.25, 0.3) is 0 Å². The molecule has 1 aliphatic rings. The van der Waals surface area contributed by atoms with Crippen molar-refractivity contribution in [3.8, 4) is 0 Å². The van der Waals surface area contributed by atoms with Gasteiger partial charge in [-0.15, -0.1) is 11.3 Å². The molecule has 0 radical (unpaired) electrons. The lowest BCUT2D eigenvalue weighted by Gasteiger charge is -2.16. The van der Waals surface area contributed by atoms with Crippen LogP contribution < -0.4 is 0 Å². The largest absolute Gasteiger partial charge is 0.299 e. The second-order valence-electron chi connectivity index (χ2n) is 6.79. The van der Waals surface area contributed by atoms with E-state index in [1.54, 1.807) is 0 Å².